The largest absolute Gasteiger partial charge is 0.313 e. The average molecular weight is 764 g/mol. The van der Waals surface area contributed by atoms with Crippen LogP contribution in [0.25, 0.3) is 44.5 Å². The van der Waals surface area contributed by atoms with Crippen LogP contribution in [0.2, 0.25) is 0 Å². The number of hydrogen-bond acceptors (Lipinski definition) is 1. The Kier molecular flexibility index (Phi) is 8.78. The summed E-state index contributed by atoms with van der Waals surface area (Å²) in [6.45, 7) is 6.78. The molecular weight excluding hydrogens is 720 g/mol. The standard InChI is InChI=1S/C57H43B2N/c1-38-24-26-55-51(28-38)58(49-34-45(41-16-8-4-9-17-41)32-46(35-49)42-18-10-5-11-19-42)53-30-40(3)31-54-57(53)60(55)56-27-25-39(2)29-52(56)59(54)50-36-47(43-20-12-6-13-21-43)33-48(37-50)44-22-14-7-15-23-44/h4-37H,1-3H3. The van der Waals surface area contributed by atoms with Crippen molar-refractivity contribution in [2.45, 2.75) is 20.8 Å². The van der Waals surface area contributed by atoms with Crippen LogP contribution in [0.1, 0.15) is 16.7 Å². The number of rotatable bonds is 6. The molecule has 60 heavy (non-hydrogen) atoms. The predicted octanol–water partition coefficient (Wildman–Crippen LogP) is 10.4. The SMILES string of the molecule is Cc1ccc2c(c1)B(c1cc(-c3ccccc3)cc(-c3ccccc3)c1)c1cc(C)cc3c1N2c1ccc(C)cc1B3c1cc(-c2ccccc2)cc(-c2ccccc2)c1. The Morgan fingerprint density at radius 1 is 0.283 bits per heavy atom. The molecule has 0 saturated heterocycles. The summed E-state index contributed by atoms with van der Waals surface area (Å²) in [6.07, 6.45) is 0. The van der Waals surface area contributed by atoms with Gasteiger partial charge in [0.15, 0.2) is 0 Å². The topological polar surface area (TPSA) is 3.24 Å². The lowest BCUT2D eigenvalue weighted by Gasteiger charge is -2.44. The molecule has 0 fully saturated rings. The molecule has 0 amide bonds. The highest BCUT2D eigenvalue weighted by Gasteiger charge is 2.44. The average Bonchev–Trinajstić information content (AvgIpc) is 3.29. The van der Waals surface area contributed by atoms with Crippen molar-refractivity contribution in [2.75, 3.05) is 4.90 Å². The molecule has 2 heterocycles. The first-order chi connectivity index (χ1) is 29.5. The Morgan fingerprint density at radius 2 is 0.600 bits per heavy atom. The Hall–Kier alpha value is -7.09. The molecule has 0 saturated carbocycles. The maximum absolute atomic E-state index is 2.60. The van der Waals surface area contributed by atoms with E-state index in [2.05, 4.69) is 232 Å². The lowest BCUT2D eigenvalue weighted by molar-refractivity contribution is 1.28. The normalized spacial score (nSPS) is 12.5. The molecule has 9 aromatic carbocycles. The van der Waals surface area contributed by atoms with E-state index >= 15 is 0 Å². The molecule has 11 rings (SSSR count). The molecule has 0 spiro atoms. The zero-order chi connectivity index (χ0) is 40.3. The van der Waals surface area contributed by atoms with Gasteiger partial charge in [0.25, 0.3) is 0 Å². The van der Waals surface area contributed by atoms with Crippen LogP contribution in [0.5, 0.6) is 0 Å². The molecule has 0 atom stereocenters. The molecule has 0 aromatic heterocycles. The fourth-order valence-electron chi connectivity index (χ4n) is 10.0. The molecule has 1 nitrogen and oxygen atoms in total. The summed E-state index contributed by atoms with van der Waals surface area (Å²) in [5.41, 5.74) is 25.4. The number of nitrogens with zero attached hydrogens (tertiary/aromatic N) is 1. The van der Waals surface area contributed by atoms with Crippen molar-refractivity contribution in [3.05, 3.63) is 223 Å². The summed E-state index contributed by atoms with van der Waals surface area (Å²) in [6, 6.07) is 77.2. The number of hydrogen-bond donors (Lipinski definition) is 0. The molecule has 282 valence electrons. The Bertz CT molecular complexity index is 2750. The lowest BCUT2D eigenvalue weighted by Crippen LogP contribution is -2.65. The van der Waals surface area contributed by atoms with Crippen molar-refractivity contribution in [3.63, 3.8) is 0 Å². The summed E-state index contributed by atoms with van der Waals surface area (Å²) in [5, 5.41) is 0. The van der Waals surface area contributed by atoms with Gasteiger partial charge in [-0.3, -0.25) is 0 Å². The first-order valence-electron chi connectivity index (χ1n) is 21.1. The van der Waals surface area contributed by atoms with E-state index in [0.29, 0.717) is 0 Å². The third-order valence-corrected chi connectivity index (χ3v) is 12.6. The molecule has 0 aliphatic carbocycles. The second-order valence-corrected chi connectivity index (χ2v) is 16.8. The van der Waals surface area contributed by atoms with Crippen LogP contribution in [-0.2, 0) is 0 Å². The van der Waals surface area contributed by atoms with Crippen molar-refractivity contribution in [2.24, 2.45) is 0 Å². The van der Waals surface area contributed by atoms with Crippen molar-refractivity contribution in [1.29, 1.82) is 0 Å². The van der Waals surface area contributed by atoms with E-state index in [1.807, 2.05) is 0 Å². The molecular formula is C57H43B2N. The second kappa shape index (κ2) is 14.6. The summed E-state index contributed by atoms with van der Waals surface area (Å²) in [7, 11) is 0. The fourth-order valence-corrected chi connectivity index (χ4v) is 10.0. The minimum Gasteiger partial charge on any atom is -0.313 e. The molecule has 2 aliphatic rings. The lowest BCUT2D eigenvalue weighted by atomic mass is 9.30. The van der Waals surface area contributed by atoms with Gasteiger partial charge in [0, 0.05) is 17.1 Å². The van der Waals surface area contributed by atoms with Gasteiger partial charge in [-0.1, -0.05) is 210 Å². The number of benzene rings is 9. The molecule has 0 bridgehead atoms. The van der Waals surface area contributed by atoms with Crippen molar-refractivity contribution in [3.8, 4) is 44.5 Å². The van der Waals surface area contributed by atoms with E-state index in [1.165, 1.54) is 111 Å². The zero-order valence-corrected chi connectivity index (χ0v) is 34.2. The van der Waals surface area contributed by atoms with Gasteiger partial charge in [-0.2, -0.15) is 0 Å². The van der Waals surface area contributed by atoms with Crippen LogP contribution in [-0.4, -0.2) is 13.4 Å². The molecule has 0 N–H and O–H groups in total. The third-order valence-electron chi connectivity index (χ3n) is 12.6. The maximum atomic E-state index is 2.60. The van der Waals surface area contributed by atoms with Gasteiger partial charge >= 0.3 is 0 Å². The smallest absolute Gasteiger partial charge is 0.246 e. The van der Waals surface area contributed by atoms with Gasteiger partial charge in [0.05, 0.1) is 0 Å². The van der Waals surface area contributed by atoms with Crippen molar-refractivity contribution >= 4 is 63.3 Å². The van der Waals surface area contributed by atoms with E-state index in [0.717, 1.165) is 0 Å². The Morgan fingerprint density at radius 3 is 0.933 bits per heavy atom. The minimum atomic E-state index is 0.0131. The van der Waals surface area contributed by atoms with Crippen LogP contribution in [0.15, 0.2) is 206 Å². The van der Waals surface area contributed by atoms with Crippen molar-refractivity contribution < 1.29 is 0 Å². The quantitative estimate of drug-likeness (QED) is 0.153. The monoisotopic (exact) mass is 763 g/mol. The highest BCUT2D eigenvalue weighted by molar-refractivity contribution is 7.02. The van der Waals surface area contributed by atoms with Gasteiger partial charge in [0.2, 0.25) is 13.4 Å². The van der Waals surface area contributed by atoms with Gasteiger partial charge < -0.3 is 4.90 Å². The number of anilines is 3. The molecule has 0 radical (unpaired) electrons. The summed E-state index contributed by atoms with van der Waals surface area (Å²) in [4.78, 5) is 2.60. The van der Waals surface area contributed by atoms with Crippen LogP contribution in [0.3, 0.4) is 0 Å². The van der Waals surface area contributed by atoms with Gasteiger partial charge in [-0.05, 0) is 111 Å². The summed E-state index contributed by atoms with van der Waals surface area (Å²) in [5.74, 6) is 0. The summed E-state index contributed by atoms with van der Waals surface area (Å²) < 4.78 is 0. The van der Waals surface area contributed by atoms with E-state index in [9.17, 15) is 0 Å². The zero-order valence-electron chi connectivity index (χ0n) is 34.2. The molecule has 2 aliphatic heterocycles. The minimum absolute atomic E-state index is 0.0131. The fraction of sp³-hybridized carbons (Fsp3) is 0.0526. The molecule has 3 heteroatoms. The Labute approximate surface area is 354 Å². The number of fused-ring (bicyclic) bond motifs is 4. The van der Waals surface area contributed by atoms with Crippen LogP contribution in [0, 0.1) is 20.8 Å². The Balaban J connectivity index is 1.20. The van der Waals surface area contributed by atoms with E-state index in [4.69, 9.17) is 0 Å². The van der Waals surface area contributed by atoms with Crippen LogP contribution < -0.4 is 37.7 Å². The highest BCUT2D eigenvalue weighted by Crippen LogP contribution is 2.39. The van der Waals surface area contributed by atoms with Crippen LogP contribution >= 0.6 is 0 Å². The van der Waals surface area contributed by atoms with E-state index < -0.39 is 0 Å². The van der Waals surface area contributed by atoms with E-state index in [-0.39, 0.29) is 13.4 Å². The molecule has 9 aromatic rings. The predicted molar refractivity (Wildman–Crippen MR) is 259 cm³/mol. The first kappa shape index (κ1) is 36.0. The van der Waals surface area contributed by atoms with Crippen LogP contribution in [0.4, 0.5) is 17.1 Å². The summed E-state index contributed by atoms with van der Waals surface area (Å²) >= 11 is 0. The highest BCUT2D eigenvalue weighted by atomic mass is 15.2. The third kappa shape index (κ3) is 6.21. The van der Waals surface area contributed by atoms with Gasteiger partial charge in [0.1, 0.15) is 0 Å². The maximum Gasteiger partial charge on any atom is 0.246 e. The first-order valence-corrected chi connectivity index (χ1v) is 21.1. The van der Waals surface area contributed by atoms with Gasteiger partial charge in [-0.15, -0.1) is 0 Å². The second-order valence-electron chi connectivity index (χ2n) is 16.8. The molecule has 0 unspecified atom stereocenters. The van der Waals surface area contributed by atoms with Crippen molar-refractivity contribution in [1.82, 2.24) is 0 Å². The van der Waals surface area contributed by atoms with Gasteiger partial charge in [-0.25, -0.2) is 0 Å². The number of aryl methyl sites for hydroxylation is 3. The van der Waals surface area contributed by atoms with E-state index in [1.54, 1.807) is 0 Å².